The Morgan fingerprint density at radius 2 is 2.12 bits per heavy atom. The zero-order valence-electron chi connectivity index (χ0n) is 9.05. The number of hydrogen-bond acceptors (Lipinski definition) is 4. The first kappa shape index (κ1) is 11.2. The molecule has 17 heavy (non-hydrogen) atoms. The highest BCUT2D eigenvalue weighted by Crippen LogP contribution is 2.23. The van der Waals surface area contributed by atoms with Gasteiger partial charge in [-0.2, -0.15) is 0 Å². The zero-order valence-corrected chi connectivity index (χ0v) is 9.05. The summed E-state index contributed by atoms with van der Waals surface area (Å²) in [6.45, 7) is 0. The minimum absolute atomic E-state index is 0.165. The van der Waals surface area contributed by atoms with Crippen LogP contribution in [0.1, 0.15) is 10.5 Å². The van der Waals surface area contributed by atoms with Crippen molar-refractivity contribution in [3.8, 4) is 17.0 Å². The highest BCUT2D eigenvalue weighted by molar-refractivity contribution is 5.74. The van der Waals surface area contributed by atoms with Crippen LogP contribution in [0.4, 0.5) is 4.39 Å². The number of nitrogens with zero attached hydrogens (tertiary/aromatic N) is 2. The second-order valence-corrected chi connectivity index (χ2v) is 3.30. The van der Waals surface area contributed by atoms with E-state index in [1.165, 1.54) is 31.6 Å². The maximum absolute atomic E-state index is 13.5. The van der Waals surface area contributed by atoms with Crippen molar-refractivity contribution >= 4 is 6.29 Å². The average molecular weight is 232 g/mol. The predicted molar refractivity (Wildman–Crippen MR) is 59.4 cm³/mol. The first-order valence-corrected chi connectivity index (χ1v) is 4.85. The molecule has 2 rings (SSSR count). The second kappa shape index (κ2) is 4.69. The molecule has 0 aliphatic carbocycles. The fraction of sp³-hybridized carbons (Fsp3) is 0.0833. The third kappa shape index (κ3) is 2.28. The summed E-state index contributed by atoms with van der Waals surface area (Å²) in [6.07, 6.45) is 1.88. The van der Waals surface area contributed by atoms with Crippen molar-refractivity contribution in [3.05, 3.63) is 42.1 Å². The van der Waals surface area contributed by atoms with Gasteiger partial charge in [0.15, 0.2) is 17.9 Å². The first-order chi connectivity index (χ1) is 8.24. The lowest BCUT2D eigenvalue weighted by atomic mass is 10.1. The highest BCUT2D eigenvalue weighted by atomic mass is 19.1. The van der Waals surface area contributed by atoms with E-state index in [9.17, 15) is 9.18 Å². The Hall–Kier alpha value is -2.30. The molecule has 0 N–H and O–H groups in total. The number of hydrogen-bond donors (Lipinski definition) is 0. The third-order valence-corrected chi connectivity index (χ3v) is 2.26. The molecule has 1 aromatic heterocycles. The molecule has 1 aromatic carbocycles. The monoisotopic (exact) mass is 232 g/mol. The molecule has 0 saturated carbocycles. The summed E-state index contributed by atoms with van der Waals surface area (Å²) in [5.74, 6) is -0.310. The maximum Gasteiger partial charge on any atom is 0.168 e. The third-order valence-electron chi connectivity index (χ3n) is 2.26. The van der Waals surface area contributed by atoms with Crippen LogP contribution in [0.3, 0.4) is 0 Å². The molecule has 1 heterocycles. The van der Waals surface area contributed by atoms with Gasteiger partial charge in [-0.3, -0.25) is 4.79 Å². The van der Waals surface area contributed by atoms with E-state index in [-0.39, 0.29) is 11.4 Å². The van der Waals surface area contributed by atoms with Crippen molar-refractivity contribution in [1.29, 1.82) is 0 Å². The lowest BCUT2D eigenvalue weighted by Crippen LogP contribution is -1.93. The Kier molecular flexibility index (Phi) is 3.09. The van der Waals surface area contributed by atoms with Crippen LogP contribution in [0.2, 0.25) is 0 Å². The van der Waals surface area contributed by atoms with E-state index in [2.05, 4.69) is 9.97 Å². The van der Waals surface area contributed by atoms with E-state index in [4.69, 9.17) is 4.74 Å². The van der Waals surface area contributed by atoms with Gasteiger partial charge in [0.05, 0.1) is 12.8 Å². The molecule has 0 saturated heterocycles. The van der Waals surface area contributed by atoms with E-state index in [1.807, 2.05) is 0 Å². The largest absolute Gasteiger partial charge is 0.494 e. The summed E-state index contributed by atoms with van der Waals surface area (Å²) in [5.41, 5.74) is 1.31. The van der Waals surface area contributed by atoms with E-state index in [1.54, 1.807) is 6.07 Å². The summed E-state index contributed by atoms with van der Waals surface area (Å²) < 4.78 is 18.3. The van der Waals surface area contributed by atoms with E-state index < -0.39 is 5.82 Å². The van der Waals surface area contributed by atoms with Crippen LogP contribution in [0.25, 0.3) is 11.3 Å². The second-order valence-electron chi connectivity index (χ2n) is 3.30. The molecular formula is C12H9FN2O2. The number of benzene rings is 1. The van der Waals surface area contributed by atoms with E-state index in [0.29, 0.717) is 17.5 Å². The Labute approximate surface area is 97.1 Å². The lowest BCUT2D eigenvalue weighted by molar-refractivity contribution is 0.111. The molecule has 0 atom stereocenters. The van der Waals surface area contributed by atoms with Gasteiger partial charge < -0.3 is 4.74 Å². The van der Waals surface area contributed by atoms with Crippen molar-refractivity contribution in [2.24, 2.45) is 0 Å². The van der Waals surface area contributed by atoms with Crippen molar-refractivity contribution in [2.45, 2.75) is 0 Å². The molecule has 2 aromatic rings. The molecule has 0 aliphatic heterocycles. The molecule has 0 amide bonds. The standard InChI is InChI=1S/C12H9FN2O2/c1-17-12-3-2-8(4-10(12)13)11-5-9(6-16)14-7-15-11/h2-7H,1H3. The minimum Gasteiger partial charge on any atom is -0.494 e. The summed E-state index contributed by atoms with van der Waals surface area (Å²) >= 11 is 0. The molecule has 4 nitrogen and oxygen atoms in total. The van der Waals surface area contributed by atoms with Crippen LogP contribution in [-0.2, 0) is 0 Å². The molecule has 0 spiro atoms. The molecule has 5 heteroatoms. The Morgan fingerprint density at radius 3 is 2.76 bits per heavy atom. The van der Waals surface area contributed by atoms with Crippen LogP contribution < -0.4 is 4.74 Å². The highest BCUT2D eigenvalue weighted by Gasteiger charge is 2.06. The molecule has 86 valence electrons. The molecule has 0 bridgehead atoms. The van der Waals surface area contributed by atoms with Crippen LogP contribution in [0, 0.1) is 5.82 Å². The predicted octanol–water partition coefficient (Wildman–Crippen LogP) is 2.10. The zero-order chi connectivity index (χ0) is 12.3. The molecule has 0 radical (unpaired) electrons. The van der Waals surface area contributed by atoms with Gasteiger partial charge >= 0.3 is 0 Å². The Morgan fingerprint density at radius 1 is 1.29 bits per heavy atom. The fourth-order valence-electron chi connectivity index (χ4n) is 1.42. The summed E-state index contributed by atoms with van der Waals surface area (Å²) in [6, 6.07) is 5.97. The summed E-state index contributed by atoms with van der Waals surface area (Å²) in [7, 11) is 1.40. The van der Waals surface area contributed by atoms with Crippen LogP contribution in [-0.4, -0.2) is 23.4 Å². The number of carbonyl (C=O) groups is 1. The smallest absolute Gasteiger partial charge is 0.168 e. The number of aromatic nitrogens is 2. The number of carbonyl (C=O) groups excluding carboxylic acids is 1. The Balaban J connectivity index is 2.45. The minimum atomic E-state index is -0.476. The number of methoxy groups -OCH3 is 1. The van der Waals surface area contributed by atoms with Crippen molar-refractivity contribution in [1.82, 2.24) is 9.97 Å². The normalized spacial score (nSPS) is 10.0. The Bertz CT molecular complexity index is 558. The fourth-order valence-corrected chi connectivity index (χ4v) is 1.42. The molecule has 0 fully saturated rings. The van der Waals surface area contributed by atoms with Crippen LogP contribution >= 0.6 is 0 Å². The SMILES string of the molecule is COc1ccc(-c2cc(C=O)ncn2)cc1F. The summed E-state index contributed by atoms with van der Waals surface area (Å²) in [4.78, 5) is 18.3. The van der Waals surface area contributed by atoms with Gasteiger partial charge in [-0.15, -0.1) is 0 Å². The van der Waals surface area contributed by atoms with Crippen LogP contribution in [0.5, 0.6) is 5.75 Å². The first-order valence-electron chi connectivity index (χ1n) is 4.85. The van der Waals surface area contributed by atoms with Crippen LogP contribution in [0.15, 0.2) is 30.6 Å². The number of aldehydes is 1. The number of ether oxygens (including phenoxy) is 1. The van der Waals surface area contributed by atoms with Crippen molar-refractivity contribution in [2.75, 3.05) is 7.11 Å². The summed E-state index contributed by atoms with van der Waals surface area (Å²) in [5, 5.41) is 0. The van der Waals surface area contributed by atoms with E-state index >= 15 is 0 Å². The van der Waals surface area contributed by atoms with Gasteiger partial charge in [0.2, 0.25) is 0 Å². The van der Waals surface area contributed by atoms with E-state index in [0.717, 1.165) is 0 Å². The molecular weight excluding hydrogens is 223 g/mol. The average Bonchev–Trinajstić information content (AvgIpc) is 2.38. The molecule has 0 unspecified atom stereocenters. The van der Waals surface area contributed by atoms with Gasteiger partial charge in [-0.25, -0.2) is 14.4 Å². The molecule has 0 aliphatic rings. The quantitative estimate of drug-likeness (QED) is 0.760. The van der Waals surface area contributed by atoms with Crippen molar-refractivity contribution in [3.63, 3.8) is 0 Å². The van der Waals surface area contributed by atoms with Crippen molar-refractivity contribution < 1.29 is 13.9 Å². The number of halogens is 1. The number of rotatable bonds is 3. The van der Waals surface area contributed by atoms with Gasteiger partial charge in [-0.1, -0.05) is 0 Å². The maximum atomic E-state index is 13.5. The lowest BCUT2D eigenvalue weighted by Gasteiger charge is -2.04. The topological polar surface area (TPSA) is 52.1 Å². The van der Waals surface area contributed by atoms with Gasteiger partial charge in [0.25, 0.3) is 0 Å². The van der Waals surface area contributed by atoms with Gasteiger partial charge in [0, 0.05) is 5.56 Å². The van der Waals surface area contributed by atoms with Gasteiger partial charge in [0.1, 0.15) is 12.0 Å². The van der Waals surface area contributed by atoms with Gasteiger partial charge in [-0.05, 0) is 24.3 Å².